The summed E-state index contributed by atoms with van der Waals surface area (Å²) in [4.78, 5) is 69.5. The summed E-state index contributed by atoms with van der Waals surface area (Å²) in [7, 11) is 0. The molecule has 3 unspecified atom stereocenters. The zero-order valence-corrected chi connectivity index (χ0v) is 30.8. The average Bonchev–Trinajstić information content (AvgIpc) is 3.44. The van der Waals surface area contributed by atoms with Gasteiger partial charge in [0.25, 0.3) is 0 Å². The molecule has 0 aromatic rings. The molecule has 12 heteroatoms. The maximum absolute atomic E-state index is 11.9. The second-order valence-electron chi connectivity index (χ2n) is 15.6. The summed E-state index contributed by atoms with van der Waals surface area (Å²) in [6, 6.07) is 0. The summed E-state index contributed by atoms with van der Waals surface area (Å²) in [6.07, 6.45) is 2.46. The minimum atomic E-state index is -1.08. The van der Waals surface area contributed by atoms with Crippen LogP contribution in [-0.4, -0.2) is 72.9 Å². The van der Waals surface area contributed by atoms with Gasteiger partial charge < -0.3 is 28.4 Å². The summed E-state index contributed by atoms with van der Waals surface area (Å²) in [5, 5.41) is 0. The maximum Gasteiger partial charge on any atom is 0.350 e. The van der Waals surface area contributed by atoms with Gasteiger partial charge in [-0.2, -0.15) is 0 Å². The van der Waals surface area contributed by atoms with Crippen LogP contribution in [0.3, 0.4) is 0 Å². The van der Waals surface area contributed by atoms with Gasteiger partial charge in [0.2, 0.25) is 11.7 Å². The number of carbonyl (C=O) groups is 6. The van der Waals surface area contributed by atoms with Crippen LogP contribution in [-0.2, 0) is 57.2 Å². The lowest BCUT2D eigenvalue weighted by molar-refractivity contribution is -0.182. The Morgan fingerprint density at radius 3 is 1.57 bits per heavy atom. The van der Waals surface area contributed by atoms with Crippen molar-refractivity contribution >= 4 is 35.8 Å². The molecule has 0 radical (unpaired) electrons. The number of hydrogen-bond acceptors (Lipinski definition) is 12. The summed E-state index contributed by atoms with van der Waals surface area (Å²) in [6.45, 7) is 24.8. The first-order chi connectivity index (χ1) is 21.3. The van der Waals surface area contributed by atoms with Crippen LogP contribution in [0.25, 0.3) is 0 Å². The van der Waals surface area contributed by atoms with Crippen LogP contribution in [0.15, 0.2) is 0 Å². The molecule has 0 N–H and O–H groups in total. The zero-order valence-electron chi connectivity index (χ0n) is 30.8. The minimum absolute atomic E-state index is 0.151. The maximum atomic E-state index is 11.9. The van der Waals surface area contributed by atoms with Gasteiger partial charge in [-0.3, -0.25) is 19.2 Å². The van der Waals surface area contributed by atoms with Gasteiger partial charge in [0.05, 0.1) is 35.9 Å². The fourth-order valence-electron chi connectivity index (χ4n) is 3.94. The summed E-state index contributed by atoms with van der Waals surface area (Å²) in [5.74, 6) is -2.10. The van der Waals surface area contributed by atoms with E-state index in [0.29, 0.717) is 51.9 Å². The normalized spacial score (nSPS) is 25.5. The lowest BCUT2D eigenvalue weighted by Gasteiger charge is -2.35. The lowest BCUT2D eigenvalue weighted by atomic mass is 9.88. The Labute approximate surface area is 280 Å². The topological polar surface area (TPSA) is 158 Å². The highest BCUT2D eigenvalue weighted by molar-refractivity contribution is 5.86. The van der Waals surface area contributed by atoms with Crippen LogP contribution >= 0.6 is 0 Å². The number of carbonyl (C=O) groups excluding carboxylic acids is 6. The predicted octanol–water partition coefficient (Wildman–Crippen LogP) is 5.65. The van der Waals surface area contributed by atoms with Crippen LogP contribution in [0.5, 0.6) is 0 Å². The molecule has 3 rings (SSSR count). The lowest BCUT2D eigenvalue weighted by Crippen LogP contribution is -2.43. The van der Waals surface area contributed by atoms with Gasteiger partial charge in [0.1, 0.15) is 12.2 Å². The van der Waals surface area contributed by atoms with E-state index >= 15 is 0 Å². The van der Waals surface area contributed by atoms with Gasteiger partial charge >= 0.3 is 35.8 Å². The Kier molecular flexibility index (Phi) is 14.1. The standard InChI is InChI=1S/2C12H20O4.C11H18O4/c1-6-11(2,3)10(14)16-8-9(13)15-7-12(8,4)5;1-5-11(2,3)10(14)16-12(4)6-7-15-9(13)8-12;1-5-10(2,3)8(12)15-11(4)6-7-14-9(11)13/h8H,6-7H2,1-5H3;5-8H2,1-4H3;5-7H2,1-4H3. The smallest absolute Gasteiger partial charge is 0.350 e. The van der Waals surface area contributed by atoms with E-state index in [1.54, 1.807) is 27.7 Å². The van der Waals surface area contributed by atoms with Gasteiger partial charge in [-0.1, -0.05) is 34.6 Å². The first-order valence-electron chi connectivity index (χ1n) is 16.5. The summed E-state index contributed by atoms with van der Waals surface area (Å²) < 4.78 is 30.5. The number of cyclic esters (lactones) is 3. The van der Waals surface area contributed by atoms with E-state index in [2.05, 4.69) is 0 Å². The van der Waals surface area contributed by atoms with E-state index in [1.807, 2.05) is 62.3 Å². The third-order valence-corrected chi connectivity index (χ3v) is 9.36. The number of hydrogen-bond donors (Lipinski definition) is 0. The van der Waals surface area contributed by atoms with Crippen molar-refractivity contribution in [1.82, 2.24) is 0 Å². The monoisotopic (exact) mass is 670 g/mol. The Balaban J connectivity index is 0.000000353. The van der Waals surface area contributed by atoms with E-state index in [9.17, 15) is 28.8 Å². The second kappa shape index (κ2) is 15.8. The SMILES string of the molecule is CCC(C)(C)C(=O)OC1(C)CCOC(=O)C1.CCC(C)(C)C(=O)OC1(C)CCOC1=O.CCC(C)(C)C(=O)OC1C(=O)OCC1(C)C. The van der Waals surface area contributed by atoms with E-state index in [4.69, 9.17) is 28.4 Å². The first kappa shape index (κ1) is 41.8. The van der Waals surface area contributed by atoms with Crippen molar-refractivity contribution in [3.8, 4) is 0 Å². The molecule has 0 spiro atoms. The third kappa shape index (κ3) is 11.5. The van der Waals surface area contributed by atoms with E-state index < -0.39 is 50.9 Å². The highest BCUT2D eigenvalue weighted by Crippen LogP contribution is 2.34. The zero-order chi connectivity index (χ0) is 36.6. The predicted molar refractivity (Wildman–Crippen MR) is 172 cm³/mol. The van der Waals surface area contributed by atoms with Crippen molar-refractivity contribution in [2.75, 3.05) is 19.8 Å². The molecule has 12 nitrogen and oxygen atoms in total. The van der Waals surface area contributed by atoms with E-state index in [0.717, 1.165) is 0 Å². The fourth-order valence-corrected chi connectivity index (χ4v) is 3.94. The van der Waals surface area contributed by atoms with Crippen LogP contribution < -0.4 is 0 Å². The van der Waals surface area contributed by atoms with Crippen LogP contribution in [0.2, 0.25) is 0 Å². The molecule has 3 fully saturated rings. The second-order valence-corrected chi connectivity index (χ2v) is 15.6. The van der Waals surface area contributed by atoms with E-state index in [1.165, 1.54) is 0 Å². The molecule has 47 heavy (non-hydrogen) atoms. The van der Waals surface area contributed by atoms with Crippen molar-refractivity contribution < 1.29 is 57.2 Å². The largest absolute Gasteiger partial charge is 0.465 e. The van der Waals surface area contributed by atoms with Crippen molar-refractivity contribution in [3.05, 3.63) is 0 Å². The Morgan fingerprint density at radius 2 is 1.17 bits per heavy atom. The quantitative estimate of drug-likeness (QED) is 0.220. The molecule has 3 saturated heterocycles. The van der Waals surface area contributed by atoms with Crippen molar-refractivity contribution in [2.24, 2.45) is 21.7 Å². The van der Waals surface area contributed by atoms with Crippen molar-refractivity contribution in [3.63, 3.8) is 0 Å². The molecule has 0 aromatic heterocycles. The Morgan fingerprint density at radius 1 is 0.702 bits per heavy atom. The summed E-state index contributed by atoms with van der Waals surface area (Å²) in [5.41, 5.74) is -3.81. The molecule has 3 aliphatic rings. The molecule has 0 amide bonds. The van der Waals surface area contributed by atoms with Crippen LogP contribution in [0.4, 0.5) is 0 Å². The summed E-state index contributed by atoms with van der Waals surface area (Å²) >= 11 is 0. The number of ether oxygens (including phenoxy) is 6. The van der Waals surface area contributed by atoms with Crippen LogP contribution in [0.1, 0.15) is 129 Å². The fraction of sp³-hybridized carbons (Fsp3) is 0.829. The van der Waals surface area contributed by atoms with Gasteiger partial charge in [0.15, 0.2) is 0 Å². The molecular weight excluding hydrogens is 612 g/mol. The van der Waals surface area contributed by atoms with Crippen molar-refractivity contribution in [2.45, 2.75) is 146 Å². The number of esters is 6. The van der Waals surface area contributed by atoms with Gasteiger partial charge in [-0.25, -0.2) is 9.59 Å². The molecule has 0 aromatic carbocycles. The first-order valence-corrected chi connectivity index (χ1v) is 16.5. The molecule has 0 saturated carbocycles. The molecule has 3 aliphatic heterocycles. The third-order valence-electron chi connectivity index (χ3n) is 9.36. The molecule has 270 valence electrons. The Hall–Kier alpha value is -3.18. The van der Waals surface area contributed by atoms with Gasteiger partial charge in [-0.15, -0.1) is 0 Å². The molecule has 3 heterocycles. The van der Waals surface area contributed by atoms with Crippen molar-refractivity contribution in [1.29, 1.82) is 0 Å². The molecule has 0 aliphatic carbocycles. The highest BCUT2D eigenvalue weighted by Gasteiger charge is 2.48. The molecule has 0 bridgehead atoms. The molecular formula is C35H58O12. The minimum Gasteiger partial charge on any atom is -0.465 e. The van der Waals surface area contributed by atoms with Gasteiger partial charge in [-0.05, 0) is 74.7 Å². The molecule has 3 atom stereocenters. The van der Waals surface area contributed by atoms with Crippen LogP contribution in [0, 0.1) is 21.7 Å². The number of rotatable bonds is 9. The Bertz CT molecular complexity index is 1170. The van der Waals surface area contributed by atoms with E-state index in [-0.39, 0.29) is 30.3 Å². The average molecular weight is 671 g/mol. The van der Waals surface area contributed by atoms with Gasteiger partial charge in [0, 0.05) is 18.3 Å². The highest BCUT2D eigenvalue weighted by atomic mass is 16.6.